The predicted octanol–water partition coefficient (Wildman–Crippen LogP) is 9.24. The maximum atomic E-state index is 3.64. The molecule has 2 aliphatic carbocycles. The molecule has 2 unspecified atom stereocenters. The predicted molar refractivity (Wildman–Crippen MR) is 134 cm³/mol. The smallest absolute Gasteiger partial charge is 0.341 e. The average molecular weight is 503 g/mol. The topological polar surface area (TPSA) is 0 Å². The summed E-state index contributed by atoms with van der Waals surface area (Å²) in [5.41, 5.74) is 2.26. The molecular weight excluding hydrogens is 448 g/mol. The van der Waals surface area contributed by atoms with E-state index in [0.717, 1.165) is 40.7 Å². The van der Waals surface area contributed by atoms with Crippen LogP contribution in [0.1, 0.15) is 67.7 Å². The number of hydrogen-bond acceptors (Lipinski definition) is 0. The van der Waals surface area contributed by atoms with E-state index in [9.17, 15) is 0 Å². The van der Waals surface area contributed by atoms with E-state index in [1.807, 2.05) is 0 Å². The molecule has 0 aromatic carbocycles. The van der Waals surface area contributed by atoms with E-state index in [2.05, 4.69) is 94.7 Å². The summed E-state index contributed by atoms with van der Waals surface area (Å²) < 4.78 is 0. The Morgan fingerprint density at radius 2 is 0.786 bits per heavy atom. The van der Waals surface area contributed by atoms with E-state index >= 15 is 0 Å². The fraction of sp³-hybridized carbons (Fsp3) is 0.960. The maximum Gasteiger partial charge on any atom is 3.00 e. The molecule has 0 nitrogen and oxygen atoms in total. The van der Waals surface area contributed by atoms with Crippen LogP contribution in [0.5, 0.6) is 0 Å². The summed E-state index contributed by atoms with van der Waals surface area (Å²) in [6, 6.07) is 0. The van der Waals surface area contributed by atoms with Gasteiger partial charge in [-0.05, 0) is 40.7 Å². The van der Waals surface area contributed by atoms with Gasteiger partial charge in [0.05, 0.1) is 0 Å². The molecule has 2 saturated carbocycles. The van der Waals surface area contributed by atoms with Crippen molar-refractivity contribution < 1.29 is 26.2 Å². The minimum Gasteiger partial charge on any atom is -0.341 e. The van der Waals surface area contributed by atoms with Crippen LogP contribution in [-0.2, 0) is 26.2 Å². The Balaban J connectivity index is 0. The van der Waals surface area contributed by atoms with Gasteiger partial charge in [0, 0.05) is 16.1 Å². The molecule has 2 atom stereocenters. The summed E-state index contributed by atoms with van der Waals surface area (Å²) >= 11 is 0. The van der Waals surface area contributed by atoms with E-state index in [1.165, 1.54) is 0 Å². The Hall–Kier alpha value is 1.32. The molecule has 0 spiro atoms. The summed E-state index contributed by atoms with van der Waals surface area (Å²) in [7, 11) is -1.65. The van der Waals surface area contributed by atoms with Crippen LogP contribution < -0.4 is 0 Å². The Morgan fingerprint density at radius 1 is 0.607 bits per heavy atom. The molecule has 2 fully saturated rings. The third-order valence-electron chi connectivity index (χ3n) is 8.03. The first-order valence-corrected chi connectivity index (χ1v) is 19.0. The van der Waals surface area contributed by atoms with Gasteiger partial charge in [-0.3, -0.25) is 0 Å². The SMILES string of the molecule is CC1C(C)C(C)C(C)C1C.C[Si](C)(C)C1CCC([Si](C)(C)C)C1.[CH2-]C(C)C.[Zr+3]. The van der Waals surface area contributed by atoms with Gasteiger partial charge in [-0.2, -0.15) is 5.92 Å². The molecule has 0 amide bonds. The van der Waals surface area contributed by atoms with Crippen molar-refractivity contribution in [2.45, 2.75) is 118 Å². The van der Waals surface area contributed by atoms with E-state index < -0.39 is 16.1 Å². The van der Waals surface area contributed by atoms with Crippen LogP contribution in [0.2, 0.25) is 50.4 Å². The van der Waals surface area contributed by atoms with Crippen molar-refractivity contribution in [1.82, 2.24) is 0 Å². The van der Waals surface area contributed by atoms with E-state index in [-0.39, 0.29) is 26.2 Å². The van der Waals surface area contributed by atoms with Crippen molar-refractivity contribution >= 4 is 16.1 Å². The largest absolute Gasteiger partial charge is 3.00 e. The zero-order chi connectivity index (χ0) is 21.7. The van der Waals surface area contributed by atoms with Gasteiger partial charge in [-0.25, -0.2) is 0 Å². The first kappa shape index (κ1) is 31.5. The second-order valence-corrected chi connectivity index (χ2v) is 23.7. The second kappa shape index (κ2) is 13.0. The Morgan fingerprint density at radius 3 is 0.893 bits per heavy atom. The van der Waals surface area contributed by atoms with Gasteiger partial charge < -0.3 is 6.92 Å². The molecule has 0 aromatic heterocycles. The average Bonchev–Trinajstić information content (AvgIpc) is 3.06. The van der Waals surface area contributed by atoms with Gasteiger partial charge in [-0.1, -0.05) is 107 Å². The van der Waals surface area contributed by atoms with Crippen molar-refractivity contribution in [2.24, 2.45) is 35.5 Å². The van der Waals surface area contributed by atoms with Crippen LogP contribution in [0.25, 0.3) is 0 Å². The van der Waals surface area contributed by atoms with Crippen LogP contribution in [0.15, 0.2) is 0 Å². The molecule has 28 heavy (non-hydrogen) atoms. The van der Waals surface area contributed by atoms with Gasteiger partial charge in [0.2, 0.25) is 0 Å². The van der Waals surface area contributed by atoms with Gasteiger partial charge in [-0.15, -0.1) is 0 Å². The van der Waals surface area contributed by atoms with Crippen molar-refractivity contribution in [3.05, 3.63) is 6.92 Å². The van der Waals surface area contributed by atoms with Gasteiger partial charge in [0.25, 0.3) is 0 Å². The maximum absolute atomic E-state index is 3.64. The first-order valence-electron chi connectivity index (χ1n) is 11.8. The van der Waals surface area contributed by atoms with Gasteiger partial charge >= 0.3 is 26.2 Å². The molecule has 0 aliphatic heterocycles. The Kier molecular flexibility index (Phi) is 14.6. The molecular formula is C25H55Si2Zr+2. The summed E-state index contributed by atoms with van der Waals surface area (Å²) in [4.78, 5) is 0. The van der Waals surface area contributed by atoms with Crippen LogP contribution in [-0.4, -0.2) is 16.1 Å². The molecule has 0 saturated heterocycles. The molecule has 3 heteroatoms. The molecule has 1 radical (unpaired) electrons. The van der Waals surface area contributed by atoms with E-state index in [1.54, 1.807) is 19.3 Å². The van der Waals surface area contributed by atoms with Crippen molar-refractivity contribution in [3.8, 4) is 0 Å². The van der Waals surface area contributed by atoms with Crippen LogP contribution in [0.3, 0.4) is 0 Å². The van der Waals surface area contributed by atoms with E-state index in [4.69, 9.17) is 0 Å². The Labute approximate surface area is 202 Å². The Bertz CT molecular complexity index is 340. The fourth-order valence-corrected chi connectivity index (χ4v) is 9.23. The molecule has 0 N–H and O–H groups in total. The molecule has 2 aliphatic rings. The summed E-state index contributed by atoms with van der Waals surface area (Å²) in [5, 5.41) is 0. The number of hydrogen-bond donors (Lipinski definition) is 0. The van der Waals surface area contributed by atoms with Crippen molar-refractivity contribution in [1.29, 1.82) is 0 Å². The fourth-order valence-electron chi connectivity index (χ4n) is 4.95. The summed E-state index contributed by atoms with van der Waals surface area (Å²) in [6.45, 7) is 35.0. The minimum atomic E-state index is -0.823. The molecule has 0 bridgehead atoms. The minimum absolute atomic E-state index is 0. The third-order valence-corrected chi connectivity index (χ3v) is 14.0. The third kappa shape index (κ3) is 10.6. The van der Waals surface area contributed by atoms with Crippen molar-refractivity contribution in [2.75, 3.05) is 0 Å². The molecule has 165 valence electrons. The summed E-state index contributed by atoms with van der Waals surface area (Å²) in [5.74, 6) is 5.26. The van der Waals surface area contributed by atoms with Crippen LogP contribution in [0.4, 0.5) is 0 Å². The molecule has 0 aromatic rings. The monoisotopic (exact) mass is 501 g/mol. The molecule has 0 heterocycles. The van der Waals surface area contributed by atoms with E-state index in [0.29, 0.717) is 5.92 Å². The quantitative estimate of drug-likeness (QED) is 0.260. The van der Waals surface area contributed by atoms with Crippen LogP contribution >= 0.6 is 0 Å². The van der Waals surface area contributed by atoms with Gasteiger partial charge in [0.1, 0.15) is 0 Å². The normalized spacial score (nSPS) is 35.5. The standard InChI is InChI=1S/C11H26Si2.C10H20.C4H9.Zr/c1-12(2,3)10-7-8-11(9-10)13(4,5)6;1-6-7(2)9(4)10(5)8(6)3;1-4(2)3;/h10-11H,7-9H2,1-6H3;6-10H,1-5H3;4H,1H2,2-3H3;/q;;-1;+3. The summed E-state index contributed by atoms with van der Waals surface area (Å²) in [6.07, 6.45) is 4.67. The zero-order valence-electron chi connectivity index (χ0n) is 21.9. The van der Waals surface area contributed by atoms with Crippen molar-refractivity contribution in [3.63, 3.8) is 0 Å². The number of rotatable bonds is 2. The molecule has 2 rings (SSSR count). The van der Waals surface area contributed by atoms with Gasteiger partial charge in [0.15, 0.2) is 0 Å². The second-order valence-electron chi connectivity index (χ2n) is 12.6. The first-order chi connectivity index (χ1) is 12.0. The van der Waals surface area contributed by atoms with Crippen LogP contribution in [0, 0.1) is 42.4 Å². The zero-order valence-corrected chi connectivity index (χ0v) is 26.4.